The van der Waals surface area contributed by atoms with Gasteiger partial charge in [0.1, 0.15) is 12.2 Å². The van der Waals surface area contributed by atoms with Crippen LogP contribution in [0.3, 0.4) is 0 Å². The predicted octanol–water partition coefficient (Wildman–Crippen LogP) is 6.31. The first-order chi connectivity index (χ1) is 29.1. The van der Waals surface area contributed by atoms with E-state index in [9.17, 15) is 41.1 Å². The van der Waals surface area contributed by atoms with Crippen LogP contribution in [0.5, 0.6) is 0 Å². The van der Waals surface area contributed by atoms with Crippen LogP contribution >= 0.6 is 0 Å². The number of hydrogen-bond donors (Lipinski definition) is 4. The molecular formula is C45H47F5N4O8. The summed E-state index contributed by atoms with van der Waals surface area (Å²) >= 11 is 0. The Kier molecular flexibility index (Phi) is 15.0. The third kappa shape index (κ3) is 11.7. The van der Waals surface area contributed by atoms with Crippen LogP contribution in [0, 0.1) is 11.6 Å². The second kappa shape index (κ2) is 19.8. The lowest BCUT2D eigenvalue weighted by Crippen LogP contribution is -2.52. The van der Waals surface area contributed by atoms with E-state index in [-0.39, 0.29) is 47.9 Å². The highest BCUT2D eigenvalue weighted by Gasteiger charge is 2.33. The molecule has 4 N–H and O–H groups in total. The number of aromatic nitrogens is 2. The molecule has 62 heavy (non-hydrogen) atoms. The zero-order chi connectivity index (χ0) is 45.5. The molecule has 5 aromatic rings. The van der Waals surface area contributed by atoms with Crippen molar-refractivity contribution in [2.75, 3.05) is 13.1 Å². The van der Waals surface area contributed by atoms with Gasteiger partial charge < -0.3 is 29.9 Å². The van der Waals surface area contributed by atoms with Crippen molar-refractivity contribution < 1.29 is 56.8 Å². The molecule has 1 amide bonds. The van der Waals surface area contributed by atoms with Crippen molar-refractivity contribution in [2.45, 2.75) is 89.5 Å². The second-order valence-electron chi connectivity index (χ2n) is 15.9. The lowest BCUT2D eigenvalue weighted by Gasteiger charge is -2.44. The molecule has 0 radical (unpaired) electrons. The van der Waals surface area contributed by atoms with Gasteiger partial charge in [-0.1, -0.05) is 48.5 Å². The van der Waals surface area contributed by atoms with Gasteiger partial charge in [-0.05, 0) is 99.0 Å². The Morgan fingerprint density at radius 2 is 1.40 bits per heavy atom. The van der Waals surface area contributed by atoms with E-state index in [1.807, 2.05) is 29.2 Å². The van der Waals surface area contributed by atoms with Gasteiger partial charge in [-0.15, -0.1) is 0 Å². The molecule has 1 saturated heterocycles. The van der Waals surface area contributed by atoms with Crippen molar-refractivity contribution in [2.24, 2.45) is 0 Å². The third-order valence-corrected chi connectivity index (χ3v) is 10.8. The first-order valence-corrected chi connectivity index (χ1v) is 19.7. The molecule has 330 valence electrons. The largest absolute Gasteiger partial charge is 0.479 e. The number of carbonyl (C=O) groups is 3. The monoisotopic (exact) mass is 866 g/mol. The van der Waals surface area contributed by atoms with Crippen LogP contribution in [0.4, 0.5) is 22.0 Å². The number of rotatable bonds is 12. The van der Waals surface area contributed by atoms with E-state index in [0.29, 0.717) is 28.8 Å². The number of pyridine rings is 2. The average Bonchev–Trinajstić information content (AvgIpc) is 3.23. The Labute approximate surface area is 353 Å². The van der Waals surface area contributed by atoms with E-state index in [1.54, 1.807) is 22.9 Å². The molecule has 3 aromatic carbocycles. The van der Waals surface area contributed by atoms with Crippen molar-refractivity contribution in [3.05, 3.63) is 135 Å². The predicted molar refractivity (Wildman–Crippen MR) is 219 cm³/mol. The van der Waals surface area contributed by atoms with Gasteiger partial charge >= 0.3 is 18.1 Å². The van der Waals surface area contributed by atoms with Crippen LogP contribution in [-0.2, 0) is 46.5 Å². The number of benzene rings is 3. The molecule has 1 aliphatic rings. The molecule has 1 fully saturated rings. The number of aliphatic hydroxyl groups is 2. The molecular weight excluding hydrogens is 820 g/mol. The number of alkyl halides is 3. The van der Waals surface area contributed by atoms with Gasteiger partial charge in [-0.2, -0.15) is 13.2 Å². The average molecular weight is 867 g/mol. The lowest BCUT2D eigenvalue weighted by molar-refractivity contribution is -0.165. The molecule has 2 unspecified atom stereocenters. The van der Waals surface area contributed by atoms with Gasteiger partial charge in [0.25, 0.3) is 0 Å². The second-order valence-corrected chi connectivity index (χ2v) is 15.9. The van der Waals surface area contributed by atoms with Gasteiger partial charge in [0, 0.05) is 49.2 Å². The molecule has 0 spiro atoms. The van der Waals surface area contributed by atoms with E-state index in [4.69, 9.17) is 20.4 Å². The van der Waals surface area contributed by atoms with Crippen LogP contribution in [-0.4, -0.2) is 94.5 Å². The van der Waals surface area contributed by atoms with Crippen molar-refractivity contribution >= 4 is 28.9 Å². The first-order valence-electron chi connectivity index (χ1n) is 19.7. The number of nitrogens with zero attached hydrogens (tertiary/aromatic N) is 4. The summed E-state index contributed by atoms with van der Waals surface area (Å²) in [5.41, 5.74) is 2.22. The van der Waals surface area contributed by atoms with Crippen LogP contribution in [0.2, 0.25) is 0 Å². The van der Waals surface area contributed by atoms with Crippen molar-refractivity contribution in [3.63, 3.8) is 0 Å². The van der Waals surface area contributed by atoms with Crippen molar-refractivity contribution in [1.82, 2.24) is 19.4 Å². The minimum atomic E-state index is -4.42. The molecule has 0 bridgehead atoms. The van der Waals surface area contributed by atoms with Crippen molar-refractivity contribution in [3.8, 4) is 11.1 Å². The van der Waals surface area contributed by atoms with E-state index in [2.05, 4.69) is 30.7 Å². The fraction of sp³-hybridized carbons (Fsp3) is 0.356. The maximum Gasteiger partial charge on any atom is 0.416 e. The van der Waals surface area contributed by atoms with Crippen LogP contribution in [0.15, 0.2) is 95.9 Å². The Bertz CT molecular complexity index is 2410. The summed E-state index contributed by atoms with van der Waals surface area (Å²) in [4.78, 5) is 56.0. The minimum absolute atomic E-state index is 0.0233. The number of amides is 1. The molecule has 1 aliphatic heterocycles. The summed E-state index contributed by atoms with van der Waals surface area (Å²) in [5, 5.41) is 32.9. The van der Waals surface area contributed by atoms with Gasteiger partial charge in [-0.25, -0.2) is 23.4 Å². The Morgan fingerprint density at radius 1 is 0.823 bits per heavy atom. The first kappa shape index (κ1) is 47.0. The number of aliphatic carboxylic acids is 2. The highest BCUT2D eigenvalue weighted by atomic mass is 19.4. The molecule has 17 heteroatoms. The lowest BCUT2D eigenvalue weighted by atomic mass is 9.96. The Hall–Kier alpha value is -6.04. The fourth-order valence-corrected chi connectivity index (χ4v) is 7.25. The summed E-state index contributed by atoms with van der Waals surface area (Å²) in [6.45, 7) is 8.27. The molecule has 2 atom stereocenters. The minimum Gasteiger partial charge on any atom is -0.479 e. The molecule has 0 aliphatic carbocycles. The van der Waals surface area contributed by atoms with E-state index < -0.39 is 47.5 Å². The SMILES string of the molecule is CC(C)(C)N1CCC(N(Cc2ccc(-c3ccc(C(F)(F)F)cc3)cc2)C(=O)Cn2c(CCc3cccc(F)c3F)cc(=O)c3cccnc32)CC1.O=C(O)C(O)C(O)C(=O)O. The third-order valence-electron chi connectivity index (χ3n) is 10.8. The number of fused-ring (bicyclic) bond motifs is 1. The van der Waals surface area contributed by atoms with Crippen molar-refractivity contribution in [1.29, 1.82) is 0 Å². The number of halogens is 5. The number of carbonyl (C=O) groups excluding carboxylic acids is 1. The van der Waals surface area contributed by atoms with Gasteiger partial charge in [0.2, 0.25) is 5.91 Å². The standard InChI is InChI=1S/C41H41F5N4O2.C4H6O6/c1-40(2,3)48-22-19-32(20-23-48)49(25-27-9-11-28(12-10-27)29-13-16-31(17-14-29)41(44,45)46)37(52)26-50-33(18-15-30-6-4-8-35(42)38(30)43)24-36(51)34-7-5-21-47-39(34)50;5-1(3(7)8)2(6)4(9)10/h4-14,16-17,21,24,32H,15,18-20,22-23,25-26H2,1-3H3;1-2,5-6H,(H,7,8)(H,9,10). The number of piperidine rings is 1. The highest BCUT2D eigenvalue weighted by molar-refractivity contribution is 5.83. The smallest absolute Gasteiger partial charge is 0.416 e. The number of hydrogen-bond acceptors (Lipinski definition) is 8. The molecule has 0 saturated carbocycles. The quantitative estimate of drug-likeness (QED) is 0.104. The topological polar surface area (TPSA) is 173 Å². The summed E-state index contributed by atoms with van der Waals surface area (Å²) in [7, 11) is 0. The normalized spacial score (nSPS) is 14.7. The summed E-state index contributed by atoms with van der Waals surface area (Å²) < 4.78 is 69.6. The molecule has 6 rings (SSSR count). The van der Waals surface area contributed by atoms with Crippen LogP contribution in [0.25, 0.3) is 22.2 Å². The molecule has 12 nitrogen and oxygen atoms in total. The maximum absolute atomic E-state index is 14.6. The maximum atomic E-state index is 14.6. The van der Waals surface area contributed by atoms with Gasteiger partial charge in [0.15, 0.2) is 29.3 Å². The number of aryl methyl sites for hydroxylation is 2. The zero-order valence-corrected chi connectivity index (χ0v) is 34.1. The summed E-state index contributed by atoms with van der Waals surface area (Å²) in [6.07, 6.45) is -5.62. The Morgan fingerprint density at radius 3 is 1.95 bits per heavy atom. The highest BCUT2D eigenvalue weighted by Crippen LogP contribution is 2.32. The van der Waals surface area contributed by atoms with E-state index >= 15 is 0 Å². The van der Waals surface area contributed by atoms with E-state index in [1.165, 1.54) is 30.3 Å². The van der Waals surface area contributed by atoms with Crippen LogP contribution in [0.1, 0.15) is 56.0 Å². The zero-order valence-electron chi connectivity index (χ0n) is 34.1. The summed E-state index contributed by atoms with van der Waals surface area (Å²) in [6, 6.07) is 21.1. The number of carboxylic acid groups (broad SMARTS) is 2. The van der Waals surface area contributed by atoms with Crippen LogP contribution < -0.4 is 5.43 Å². The fourth-order valence-electron chi connectivity index (χ4n) is 7.25. The number of aliphatic hydroxyl groups excluding tert-OH is 2. The van der Waals surface area contributed by atoms with Gasteiger partial charge in [0.05, 0.1) is 10.9 Å². The molecule has 2 aromatic heterocycles. The summed E-state index contributed by atoms with van der Waals surface area (Å²) in [5.74, 6) is -5.62. The Balaban J connectivity index is 0.000000646. The van der Waals surface area contributed by atoms with Gasteiger partial charge in [-0.3, -0.25) is 14.5 Å². The molecule has 3 heterocycles. The van der Waals surface area contributed by atoms with E-state index in [0.717, 1.165) is 55.3 Å². The number of likely N-dealkylation sites (tertiary alicyclic amines) is 1. The number of carboxylic acids is 2.